The van der Waals surface area contributed by atoms with Crippen LogP contribution in [0.1, 0.15) is 47.2 Å². The molecule has 0 fully saturated rings. The maximum Gasteiger partial charge on any atom is 0.343 e. The number of allylic oxidation sites excluding steroid dienone is 1. The fourth-order valence-electron chi connectivity index (χ4n) is 4.05. The molecule has 0 spiro atoms. The van der Waals surface area contributed by atoms with Crippen LogP contribution in [-0.2, 0) is 0 Å². The van der Waals surface area contributed by atoms with Gasteiger partial charge < -0.3 is 24.7 Å². The number of ether oxygens (including phenoxy) is 4. The number of nitriles is 1. The third-order valence-corrected chi connectivity index (χ3v) is 6.94. The zero-order chi connectivity index (χ0) is 27.4. The largest absolute Gasteiger partial charge is 0.496 e. The van der Waals surface area contributed by atoms with E-state index in [1.54, 1.807) is 25.3 Å². The number of hydrogen-bond acceptors (Lipinski definition) is 7. The van der Waals surface area contributed by atoms with Gasteiger partial charge in [0.05, 0.1) is 35.2 Å². The molecule has 1 aliphatic heterocycles. The summed E-state index contributed by atoms with van der Waals surface area (Å²) in [5.74, 6) is 0.178. The van der Waals surface area contributed by atoms with E-state index in [0.29, 0.717) is 29.4 Å². The average Bonchev–Trinajstić information content (AvgIpc) is 2.89. The molecule has 0 aliphatic carbocycles. The van der Waals surface area contributed by atoms with Gasteiger partial charge in [0.1, 0.15) is 28.9 Å². The molecule has 38 heavy (non-hydrogen) atoms. The van der Waals surface area contributed by atoms with Crippen molar-refractivity contribution in [3.8, 4) is 29.1 Å². The van der Waals surface area contributed by atoms with Crippen LogP contribution in [0, 0.1) is 11.3 Å². The number of nitrogens with two attached hydrogens (primary N) is 1. The molecule has 196 valence electrons. The standard InChI is InChI=1S/C28H23BrCl2N2O5/c1-3-4-9-36-26-21(30)10-15(11-22(26)31)28(34)37-17-6-7-18-24(13-17)38-27(33)20(14-32)25(18)19-12-16(29)5-8-23(19)35-2/h5-8,10-13,25H,3-4,9,33H2,1-2H3. The Morgan fingerprint density at radius 3 is 2.53 bits per heavy atom. The van der Waals surface area contributed by atoms with Crippen LogP contribution in [0.25, 0.3) is 0 Å². The van der Waals surface area contributed by atoms with Gasteiger partial charge in [-0.2, -0.15) is 5.26 Å². The molecule has 7 nitrogen and oxygen atoms in total. The Hall–Kier alpha value is -3.38. The molecule has 1 aliphatic rings. The molecule has 0 bridgehead atoms. The van der Waals surface area contributed by atoms with E-state index in [-0.39, 0.29) is 32.8 Å². The van der Waals surface area contributed by atoms with Crippen molar-refractivity contribution in [2.45, 2.75) is 25.7 Å². The van der Waals surface area contributed by atoms with Gasteiger partial charge in [-0.05, 0) is 42.8 Å². The summed E-state index contributed by atoms with van der Waals surface area (Å²) in [6, 6.07) is 15.4. The first-order chi connectivity index (χ1) is 18.3. The van der Waals surface area contributed by atoms with Crippen molar-refractivity contribution in [1.29, 1.82) is 5.26 Å². The van der Waals surface area contributed by atoms with Gasteiger partial charge in [-0.15, -0.1) is 0 Å². The summed E-state index contributed by atoms with van der Waals surface area (Å²) < 4.78 is 23.3. The first-order valence-electron chi connectivity index (χ1n) is 11.7. The number of halogens is 3. The van der Waals surface area contributed by atoms with E-state index in [1.165, 1.54) is 18.2 Å². The molecule has 0 amide bonds. The van der Waals surface area contributed by atoms with E-state index in [2.05, 4.69) is 22.0 Å². The number of nitrogens with zero attached hydrogens (tertiary/aromatic N) is 1. The molecule has 2 N–H and O–H groups in total. The van der Waals surface area contributed by atoms with E-state index in [1.807, 2.05) is 19.1 Å². The molecule has 1 atom stereocenters. The molecule has 0 radical (unpaired) electrons. The number of rotatable bonds is 8. The summed E-state index contributed by atoms with van der Waals surface area (Å²) in [5, 5.41) is 10.3. The fourth-order valence-corrected chi connectivity index (χ4v) is 5.02. The minimum atomic E-state index is -0.670. The van der Waals surface area contributed by atoms with Gasteiger partial charge in [0, 0.05) is 21.7 Å². The zero-order valence-electron chi connectivity index (χ0n) is 20.5. The Labute approximate surface area is 238 Å². The van der Waals surface area contributed by atoms with Crippen LogP contribution >= 0.6 is 39.1 Å². The monoisotopic (exact) mass is 616 g/mol. The maximum atomic E-state index is 12.9. The van der Waals surface area contributed by atoms with Crippen molar-refractivity contribution in [2.24, 2.45) is 5.73 Å². The summed E-state index contributed by atoms with van der Waals surface area (Å²) in [5.41, 5.74) is 7.91. The zero-order valence-corrected chi connectivity index (χ0v) is 23.6. The highest BCUT2D eigenvalue weighted by Gasteiger charge is 2.33. The van der Waals surface area contributed by atoms with Crippen molar-refractivity contribution in [1.82, 2.24) is 0 Å². The van der Waals surface area contributed by atoms with Crippen LogP contribution in [0.4, 0.5) is 0 Å². The second-order valence-electron chi connectivity index (χ2n) is 8.37. The van der Waals surface area contributed by atoms with Crippen LogP contribution in [0.3, 0.4) is 0 Å². The minimum absolute atomic E-state index is 0.0484. The first kappa shape index (κ1) is 27.6. The summed E-state index contributed by atoms with van der Waals surface area (Å²) in [7, 11) is 1.55. The number of hydrogen-bond donors (Lipinski definition) is 1. The Morgan fingerprint density at radius 1 is 1.13 bits per heavy atom. The second kappa shape index (κ2) is 12.0. The van der Waals surface area contributed by atoms with E-state index in [9.17, 15) is 10.1 Å². The summed E-state index contributed by atoms with van der Waals surface area (Å²) in [4.78, 5) is 12.9. The molecule has 10 heteroatoms. The third-order valence-electron chi connectivity index (χ3n) is 5.88. The van der Waals surface area contributed by atoms with Crippen LogP contribution in [0.15, 0.2) is 64.5 Å². The normalized spacial score (nSPS) is 14.3. The lowest BCUT2D eigenvalue weighted by atomic mass is 9.83. The number of unbranched alkanes of at least 4 members (excludes halogenated alkanes) is 1. The smallest absolute Gasteiger partial charge is 0.343 e. The fraction of sp³-hybridized carbons (Fsp3) is 0.214. The number of methoxy groups -OCH3 is 1. The number of esters is 1. The lowest BCUT2D eigenvalue weighted by molar-refractivity contribution is 0.0734. The SMILES string of the molecule is CCCCOc1c(Cl)cc(C(=O)Oc2ccc3c(c2)OC(N)=C(C#N)C3c2cc(Br)ccc2OC)cc1Cl. The first-order valence-corrected chi connectivity index (χ1v) is 13.2. The minimum Gasteiger partial charge on any atom is -0.496 e. The highest BCUT2D eigenvalue weighted by molar-refractivity contribution is 9.10. The molecular formula is C28H23BrCl2N2O5. The molecular weight excluding hydrogens is 595 g/mol. The van der Waals surface area contributed by atoms with E-state index in [0.717, 1.165) is 22.9 Å². The summed E-state index contributed by atoms with van der Waals surface area (Å²) in [6.07, 6.45) is 1.81. The van der Waals surface area contributed by atoms with Gasteiger partial charge in [0.15, 0.2) is 5.75 Å². The molecule has 0 aromatic heterocycles. The average molecular weight is 618 g/mol. The molecule has 3 aromatic carbocycles. The number of benzene rings is 3. The van der Waals surface area contributed by atoms with Crippen molar-refractivity contribution >= 4 is 45.1 Å². The summed E-state index contributed by atoms with van der Waals surface area (Å²) in [6.45, 7) is 2.51. The van der Waals surface area contributed by atoms with Crippen molar-refractivity contribution in [2.75, 3.05) is 13.7 Å². The Balaban J connectivity index is 1.64. The van der Waals surface area contributed by atoms with Crippen molar-refractivity contribution in [3.63, 3.8) is 0 Å². The molecule has 1 unspecified atom stereocenters. The Kier molecular flexibility index (Phi) is 8.72. The topological polar surface area (TPSA) is 104 Å². The summed E-state index contributed by atoms with van der Waals surface area (Å²) >= 11 is 16.1. The van der Waals surface area contributed by atoms with Gasteiger partial charge in [-0.25, -0.2) is 4.79 Å². The van der Waals surface area contributed by atoms with Gasteiger partial charge in [-0.3, -0.25) is 0 Å². The van der Waals surface area contributed by atoms with Gasteiger partial charge in [0.2, 0.25) is 5.88 Å². The van der Waals surface area contributed by atoms with Crippen LogP contribution < -0.4 is 24.7 Å². The second-order valence-corrected chi connectivity index (χ2v) is 10.1. The van der Waals surface area contributed by atoms with Gasteiger partial charge >= 0.3 is 5.97 Å². The van der Waals surface area contributed by atoms with Crippen LogP contribution in [0.2, 0.25) is 10.0 Å². The molecule has 1 heterocycles. The van der Waals surface area contributed by atoms with E-state index >= 15 is 0 Å². The molecule has 0 saturated heterocycles. The third kappa shape index (κ3) is 5.70. The number of fused-ring (bicyclic) bond motifs is 1. The number of carbonyl (C=O) groups is 1. The van der Waals surface area contributed by atoms with Gasteiger partial charge in [-0.1, -0.05) is 58.5 Å². The maximum absolute atomic E-state index is 12.9. The highest BCUT2D eigenvalue weighted by atomic mass is 79.9. The predicted molar refractivity (Wildman–Crippen MR) is 148 cm³/mol. The lowest BCUT2D eigenvalue weighted by Gasteiger charge is -2.27. The number of carbonyl (C=O) groups excluding carboxylic acids is 1. The van der Waals surface area contributed by atoms with Crippen LogP contribution in [-0.4, -0.2) is 19.7 Å². The van der Waals surface area contributed by atoms with Crippen molar-refractivity contribution < 1.29 is 23.7 Å². The van der Waals surface area contributed by atoms with Gasteiger partial charge in [0.25, 0.3) is 0 Å². The van der Waals surface area contributed by atoms with E-state index < -0.39 is 11.9 Å². The lowest BCUT2D eigenvalue weighted by Crippen LogP contribution is -2.21. The van der Waals surface area contributed by atoms with Crippen molar-refractivity contribution in [3.05, 3.63) is 91.2 Å². The molecule has 3 aromatic rings. The molecule has 0 saturated carbocycles. The quantitative estimate of drug-likeness (QED) is 0.160. The Bertz CT molecular complexity index is 1450. The highest BCUT2D eigenvalue weighted by Crippen LogP contribution is 2.46. The van der Waals surface area contributed by atoms with Crippen LogP contribution in [0.5, 0.6) is 23.0 Å². The predicted octanol–water partition coefficient (Wildman–Crippen LogP) is 7.38. The Morgan fingerprint density at radius 2 is 1.87 bits per heavy atom. The molecule has 4 rings (SSSR count). The van der Waals surface area contributed by atoms with E-state index in [4.69, 9.17) is 47.9 Å².